The van der Waals surface area contributed by atoms with Crippen LogP contribution in [0.5, 0.6) is 0 Å². The van der Waals surface area contributed by atoms with Crippen LogP contribution in [0.3, 0.4) is 0 Å². The van der Waals surface area contributed by atoms with E-state index < -0.39 is 0 Å². The molecule has 0 aliphatic heterocycles. The zero-order chi connectivity index (χ0) is 20.7. The van der Waals surface area contributed by atoms with Crippen LogP contribution >= 0.6 is 0 Å². The Morgan fingerprint density at radius 2 is 1.93 bits per heavy atom. The number of carbonyl (C=O) groups excluding carboxylic acids is 1. The van der Waals surface area contributed by atoms with Gasteiger partial charge in [-0.05, 0) is 73.7 Å². The number of fused-ring (bicyclic) bond motifs is 2. The van der Waals surface area contributed by atoms with Crippen molar-refractivity contribution in [1.29, 1.82) is 0 Å². The Bertz CT molecular complexity index is 1120. The minimum absolute atomic E-state index is 0.0833. The molecule has 1 amide bonds. The molecule has 1 saturated carbocycles. The Morgan fingerprint density at radius 3 is 2.70 bits per heavy atom. The summed E-state index contributed by atoms with van der Waals surface area (Å²) in [6.45, 7) is 2.21. The zero-order valence-corrected chi connectivity index (χ0v) is 16.9. The van der Waals surface area contributed by atoms with Crippen molar-refractivity contribution in [3.8, 4) is 5.69 Å². The topological polar surface area (TPSA) is 46.9 Å². The summed E-state index contributed by atoms with van der Waals surface area (Å²) in [6, 6.07) is 16.0. The number of allylic oxidation sites excluding steroid dienone is 1. The van der Waals surface area contributed by atoms with Gasteiger partial charge < -0.3 is 5.32 Å². The molecule has 1 fully saturated rings. The van der Waals surface area contributed by atoms with Gasteiger partial charge >= 0.3 is 0 Å². The third kappa shape index (κ3) is 3.15. The number of para-hydroxylation sites is 1. The van der Waals surface area contributed by atoms with Crippen molar-refractivity contribution in [2.24, 2.45) is 11.3 Å². The molecule has 0 spiro atoms. The number of nitrogens with zero attached hydrogens (tertiary/aromatic N) is 2. The summed E-state index contributed by atoms with van der Waals surface area (Å²) in [7, 11) is 0. The number of halogens is 1. The second-order valence-electron chi connectivity index (χ2n) is 8.51. The zero-order valence-electron chi connectivity index (χ0n) is 16.9. The molecule has 0 radical (unpaired) electrons. The second kappa shape index (κ2) is 7.24. The summed E-state index contributed by atoms with van der Waals surface area (Å²) >= 11 is 0. The Labute approximate surface area is 175 Å². The Hall–Kier alpha value is -3.21. The van der Waals surface area contributed by atoms with Crippen LogP contribution in [0.1, 0.15) is 37.4 Å². The fourth-order valence-corrected chi connectivity index (χ4v) is 5.00. The molecule has 1 aromatic heterocycles. The van der Waals surface area contributed by atoms with E-state index in [9.17, 15) is 9.18 Å². The lowest BCUT2D eigenvalue weighted by molar-refractivity contribution is -0.123. The second-order valence-corrected chi connectivity index (χ2v) is 8.51. The molecule has 1 N–H and O–H groups in total. The van der Waals surface area contributed by atoms with Gasteiger partial charge in [0.25, 0.3) is 0 Å². The smallest absolute Gasteiger partial charge is 0.228 e. The fraction of sp³-hybridized carbons (Fsp3) is 0.280. The van der Waals surface area contributed by atoms with E-state index >= 15 is 0 Å². The van der Waals surface area contributed by atoms with Crippen LogP contribution in [-0.4, -0.2) is 15.7 Å². The number of benzene rings is 2. The van der Waals surface area contributed by atoms with E-state index in [2.05, 4.69) is 23.4 Å². The largest absolute Gasteiger partial charge is 0.326 e. The minimum Gasteiger partial charge on any atom is -0.326 e. The summed E-state index contributed by atoms with van der Waals surface area (Å²) in [5, 5.41) is 7.68. The predicted octanol–water partition coefficient (Wildman–Crippen LogP) is 5.40. The molecule has 152 valence electrons. The molecule has 2 aliphatic rings. The van der Waals surface area contributed by atoms with Crippen LogP contribution in [-0.2, 0) is 11.2 Å². The van der Waals surface area contributed by atoms with Gasteiger partial charge in [-0.1, -0.05) is 30.7 Å². The molecule has 2 aromatic carbocycles. The van der Waals surface area contributed by atoms with E-state index in [1.54, 1.807) is 12.1 Å². The molecule has 3 aromatic rings. The van der Waals surface area contributed by atoms with Gasteiger partial charge in [0.15, 0.2) is 0 Å². The molecule has 0 bridgehead atoms. The standard InChI is InChI=1S/C25H24FN3O/c1-25-15-17-16-27-29(21-12-10-19(26)11-13-21)23(17)14-18(25)6-5-9-22(25)24(30)28-20-7-3-2-4-8-20/h2-4,7-8,10-14,16,22H,5-6,9,15H2,1H3,(H,28,30)/t22?,25-/m0/s1. The van der Waals surface area contributed by atoms with Crippen molar-refractivity contribution in [3.63, 3.8) is 0 Å². The number of nitrogens with one attached hydrogen (secondary N) is 1. The fourth-order valence-electron chi connectivity index (χ4n) is 5.00. The summed E-state index contributed by atoms with van der Waals surface area (Å²) < 4.78 is 15.2. The van der Waals surface area contributed by atoms with Crippen LogP contribution in [0, 0.1) is 17.2 Å². The Kier molecular flexibility index (Phi) is 4.54. The van der Waals surface area contributed by atoms with E-state index in [4.69, 9.17) is 0 Å². The van der Waals surface area contributed by atoms with E-state index in [-0.39, 0.29) is 23.1 Å². The number of hydrogen-bond donors (Lipinski definition) is 1. The summed E-state index contributed by atoms with van der Waals surface area (Å²) in [4.78, 5) is 13.2. The van der Waals surface area contributed by atoms with Gasteiger partial charge in [-0.25, -0.2) is 9.07 Å². The molecule has 0 saturated heterocycles. The molecule has 4 nitrogen and oxygen atoms in total. The van der Waals surface area contributed by atoms with Crippen LogP contribution in [0.2, 0.25) is 0 Å². The highest BCUT2D eigenvalue weighted by molar-refractivity contribution is 5.93. The van der Waals surface area contributed by atoms with Crippen molar-refractivity contribution >= 4 is 17.7 Å². The third-order valence-corrected chi connectivity index (χ3v) is 6.63. The van der Waals surface area contributed by atoms with Crippen LogP contribution in [0.15, 0.2) is 66.4 Å². The lowest BCUT2D eigenvalue weighted by atomic mass is 9.59. The average Bonchev–Trinajstić information content (AvgIpc) is 3.14. The molecule has 1 unspecified atom stereocenters. The molecular formula is C25H24FN3O. The normalized spacial score (nSPS) is 22.6. The quantitative estimate of drug-likeness (QED) is 0.639. The van der Waals surface area contributed by atoms with Gasteiger partial charge in [0.2, 0.25) is 5.91 Å². The number of hydrogen-bond acceptors (Lipinski definition) is 2. The molecule has 5 heteroatoms. The highest BCUT2D eigenvalue weighted by Crippen LogP contribution is 2.51. The van der Waals surface area contributed by atoms with E-state index in [0.717, 1.165) is 48.3 Å². The first-order chi connectivity index (χ1) is 14.5. The van der Waals surface area contributed by atoms with Gasteiger partial charge in [0.1, 0.15) is 5.82 Å². The summed E-state index contributed by atoms with van der Waals surface area (Å²) in [5.74, 6) is -0.256. The first kappa shape index (κ1) is 18.8. The maximum Gasteiger partial charge on any atom is 0.228 e. The van der Waals surface area contributed by atoms with Gasteiger partial charge in [-0.3, -0.25) is 4.79 Å². The molecule has 30 heavy (non-hydrogen) atoms. The molecule has 5 rings (SSSR count). The van der Waals surface area contributed by atoms with Crippen molar-refractivity contribution in [2.45, 2.75) is 32.6 Å². The average molecular weight is 401 g/mol. The molecular weight excluding hydrogens is 377 g/mol. The SMILES string of the molecule is C[C@]12Cc3cnn(-c4ccc(F)cc4)c3C=C1CCCC2C(=O)Nc1ccccc1. The van der Waals surface area contributed by atoms with Crippen LogP contribution in [0.4, 0.5) is 10.1 Å². The maximum atomic E-state index is 13.3. The maximum absolute atomic E-state index is 13.3. The first-order valence-electron chi connectivity index (χ1n) is 10.4. The number of amides is 1. The highest BCUT2D eigenvalue weighted by Gasteiger charge is 2.46. The number of carbonyl (C=O) groups is 1. The highest BCUT2D eigenvalue weighted by atomic mass is 19.1. The third-order valence-electron chi connectivity index (χ3n) is 6.63. The van der Waals surface area contributed by atoms with E-state index in [0.29, 0.717) is 0 Å². The number of aromatic nitrogens is 2. The van der Waals surface area contributed by atoms with Crippen LogP contribution in [0.25, 0.3) is 11.8 Å². The molecule has 2 aliphatic carbocycles. The van der Waals surface area contributed by atoms with Gasteiger partial charge in [0, 0.05) is 17.0 Å². The summed E-state index contributed by atoms with van der Waals surface area (Å²) in [5.41, 5.74) is 4.93. The lowest BCUT2D eigenvalue weighted by Crippen LogP contribution is -2.43. The first-order valence-corrected chi connectivity index (χ1v) is 10.4. The van der Waals surface area contributed by atoms with Crippen molar-refractivity contribution in [1.82, 2.24) is 9.78 Å². The van der Waals surface area contributed by atoms with Gasteiger partial charge in [0.05, 0.1) is 17.6 Å². The van der Waals surface area contributed by atoms with Gasteiger partial charge in [-0.2, -0.15) is 5.10 Å². The van der Waals surface area contributed by atoms with E-state index in [1.165, 1.54) is 17.7 Å². The van der Waals surface area contributed by atoms with Gasteiger partial charge in [-0.15, -0.1) is 0 Å². The number of anilines is 1. The van der Waals surface area contributed by atoms with Crippen LogP contribution < -0.4 is 5.32 Å². The Balaban J connectivity index is 1.47. The summed E-state index contributed by atoms with van der Waals surface area (Å²) in [6.07, 6.45) is 7.74. The van der Waals surface area contributed by atoms with Crippen molar-refractivity contribution < 1.29 is 9.18 Å². The van der Waals surface area contributed by atoms with Crippen molar-refractivity contribution in [3.05, 3.63) is 83.4 Å². The molecule has 1 heterocycles. The minimum atomic E-state index is -0.259. The number of rotatable bonds is 3. The predicted molar refractivity (Wildman–Crippen MR) is 116 cm³/mol. The monoisotopic (exact) mass is 401 g/mol. The van der Waals surface area contributed by atoms with E-state index in [1.807, 2.05) is 41.2 Å². The lowest BCUT2D eigenvalue weighted by Gasteiger charge is -2.44. The molecule has 2 atom stereocenters. The Morgan fingerprint density at radius 1 is 1.17 bits per heavy atom. The van der Waals surface area contributed by atoms with Crippen molar-refractivity contribution in [2.75, 3.05) is 5.32 Å².